The third-order valence-electron chi connectivity index (χ3n) is 2.39. The number of esters is 1. The van der Waals surface area contributed by atoms with E-state index in [-0.39, 0.29) is 18.9 Å². The summed E-state index contributed by atoms with van der Waals surface area (Å²) < 4.78 is 11.4. The van der Waals surface area contributed by atoms with Crippen molar-refractivity contribution in [1.29, 1.82) is 0 Å². The maximum Gasteiger partial charge on any atom is 0.357 e. The van der Waals surface area contributed by atoms with E-state index in [0.29, 0.717) is 5.69 Å². The molecule has 0 aliphatic carbocycles. The molecule has 0 bridgehead atoms. The minimum atomic E-state index is -0.496. The van der Waals surface area contributed by atoms with Gasteiger partial charge in [-0.2, -0.15) is 0 Å². The number of nitrogens with zero attached hydrogens (tertiary/aromatic N) is 1. The fourth-order valence-electron chi connectivity index (χ4n) is 1.42. The van der Waals surface area contributed by atoms with Crippen LogP contribution in [0.5, 0.6) is 5.75 Å². The van der Waals surface area contributed by atoms with Gasteiger partial charge in [-0.15, -0.1) is 0 Å². The average molecular weight is 337 g/mol. The first-order valence-corrected chi connectivity index (χ1v) is 6.71. The van der Waals surface area contributed by atoms with Crippen LogP contribution in [0.3, 0.4) is 0 Å². The molecule has 1 aromatic carbocycles. The van der Waals surface area contributed by atoms with E-state index >= 15 is 0 Å². The number of hydrogen-bond acceptors (Lipinski definition) is 5. The summed E-state index contributed by atoms with van der Waals surface area (Å²) in [5.74, 6) is 0.222. The van der Waals surface area contributed by atoms with Crippen molar-refractivity contribution >= 4 is 27.6 Å². The number of hydrogen-bond donors (Lipinski definition) is 1. The Hall–Kier alpha value is -2.08. The SMILES string of the molecule is Nc1ccc(C(=O)OCCOc2ccc(Br)cc2)nc1. The number of carbonyl (C=O) groups is 1. The van der Waals surface area contributed by atoms with Crippen molar-refractivity contribution in [1.82, 2.24) is 4.98 Å². The normalized spacial score (nSPS) is 10.1. The minimum absolute atomic E-state index is 0.154. The van der Waals surface area contributed by atoms with E-state index in [2.05, 4.69) is 20.9 Å². The molecule has 1 heterocycles. The molecule has 0 saturated carbocycles. The van der Waals surface area contributed by atoms with Gasteiger partial charge in [0.1, 0.15) is 24.7 Å². The van der Waals surface area contributed by atoms with Gasteiger partial charge in [0.2, 0.25) is 0 Å². The molecule has 0 fully saturated rings. The number of ether oxygens (including phenoxy) is 2. The van der Waals surface area contributed by atoms with Crippen LogP contribution < -0.4 is 10.5 Å². The van der Waals surface area contributed by atoms with E-state index in [9.17, 15) is 4.79 Å². The molecular formula is C14H13BrN2O3. The molecule has 0 aliphatic rings. The van der Waals surface area contributed by atoms with Gasteiger partial charge in [0.25, 0.3) is 0 Å². The van der Waals surface area contributed by atoms with Crippen LogP contribution in [0, 0.1) is 0 Å². The monoisotopic (exact) mass is 336 g/mol. The zero-order valence-electron chi connectivity index (χ0n) is 10.6. The van der Waals surface area contributed by atoms with Crippen LogP contribution >= 0.6 is 15.9 Å². The number of nitrogens with two attached hydrogens (primary N) is 1. The molecule has 5 nitrogen and oxygen atoms in total. The van der Waals surface area contributed by atoms with Crippen LogP contribution in [0.1, 0.15) is 10.5 Å². The molecule has 0 saturated heterocycles. The molecule has 6 heteroatoms. The van der Waals surface area contributed by atoms with Gasteiger partial charge in [-0.1, -0.05) is 15.9 Å². The van der Waals surface area contributed by atoms with Gasteiger partial charge in [-0.3, -0.25) is 0 Å². The van der Waals surface area contributed by atoms with Crippen LogP contribution in [0.2, 0.25) is 0 Å². The molecule has 0 aliphatic heterocycles. The van der Waals surface area contributed by atoms with Crippen molar-refractivity contribution in [3.05, 3.63) is 52.8 Å². The van der Waals surface area contributed by atoms with Gasteiger partial charge in [0, 0.05) is 4.47 Å². The summed E-state index contributed by atoms with van der Waals surface area (Å²) in [5.41, 5.74) is 6.21. The van der Waals surface area contributed by atoms with Crippen molar-refractivity contribution in [3.63, 3.8) is 0 Å². The molecule has 0 atom stereocenters. The van der Waals surface area contributed by atoms with E-state index in [1.54, 1.807) is 6.07 Å². The van der Waals surface area contributed by atoms with E-state index in [1.807, 2.05) is 24.3 Å². The number of pyridine rings is 1. The molecule has 2 N–H and O–H groups in total. The summed E-state index contributed by atoms with van der Waals surface area (Å²) in [6, 6.07) is 10.5. The summed E-state index contributed by atoms with van der Waals surface area (Å²) in [5, 5.41) is 0. The fraction of sp³-hybridized carbons (Fsp3) is 0.143. The standard InChI is InChI=1S/C14H13BrN2O3/c15-10-1-4-12(5-2-10)19-7-8-20-14(18)13-6-3-11(16)9-17-13/h1-6,9H,7-8,16H2. The molecular weight excluding hydrogens is 324 g/mol. The lowest BCUT2D eigenvalue weighted by atomic mass is 10.3. The summed E-state index contributed by atoms with van der Waals surface area (Å²) in [6.45, 7) is 0.434. The molecule has 2 aromatic rings. The second-order valence-electron chi connectivity index (χ2n) is 3.92. The number of nitrogen functional groups attached to an aromatic ring is 1. The van der Waals surface area contributed by atoms with Crippen molar-refractivity contribution < 1.29 is 14.3 Å². The predicted octanol–water partition coefficient (Wildman–Crippen LogP) is 2.66. The first-order valence-electron chi connectivity index (χ1n) is 5.92. The maximum atomic E-state index is 11.6. The highest BCUT2D eigenvalue weighted by Crippen LogP contribution is 2.15. The molecule has 0 amide bonds. The quantitative estimate of drug-likeness (QED) is 0.671. The minimum Gasteiger partial charge on any atom is -0.490 e. The summed E-state index contributed by atoms with van der Waals surface area (Å²) in [7, 11) is 0. The van der Waals surface area contributed by atoms with Crippen molar-refractivity contribution in [2.45, 2.75) is 0 Å². The smallest absolute Gasteiger partial charge is 0.357 e. The first-order chi connectivity index (χ1) is 9.65. The van der Waals surface area contributed by atoms with Crippen molar-refractivity contribution in [3.8, 4) is 5.75 Å². The Kier molecular flexibility index (Phi) is 4.95. The van der Waals surface area contributed by atoms with Gasteiger partial charge in [-0.25, -0.2) is 9.78 Å². The number of halogens is 1. The molecule has 0 unspecified atom stereocenters. The van der Waals surface area contributed by atoms with E-state index in [4.69, 9.17) is 15.2 Å². The van der Waals surface area contributed by atoms with Gasteiger partial charge in [-0.05, 0) is 36.4 Å². The Labute approximate surface area is 124 Å². The lowest BCUT2D eigenvalue weighted by Crippen LogP contribution is -2.13. The number of aromatic nitrogens is 1. The van der Waals surface area contributed by atoms with Crippen LogP contribution in [0.15, 0.2) is 47.1 Å². The molecule has 1 aromatic heterocycles. The predicted molar refractivity (Wildman–Crippen MR) is 78.6 cm³/mol. The Bertz CT molecular complexity index is 570. The topological polar surface area (TPSA) is 74.4 Å². The second-order valence-corrected chi connectivity index (χ2v) is 4.83. The van der Waals surface area contributed by atoms with E-state index < -0.39 is 5.97 Å². The molecule has 0 radical (unpaired) electrons. The number of carbonyl (C=O) groups excluding carboxylic acids is 1. The van der Waals surface area contributed by atoms with Gasteiger partial charge < -0.3 is 15.2 Å². The molecule has 20 heavy (non-hydrogen) atoms. The largest absolute Gasteiger partial charge is 0.490 e. The number of anilines is 1. The average Bonchev–Trinajstić information content (AvgIpc) is 2.46. The Morgan fingerprint density at radius 1 is 1.15 bits per heavy atom. The highest BCUT2D eigenvalue weighted by molar-refractivity contribution is 9.10. The summed E-state index contributed by atoms with van der Waals surface area (Å²) in [6.07, 6.45) is 1.41. The van der Waals surface area contributed by atoms with Crippen LogP contribution in [-0.2, 0) is 4.74 Å². The number of benzene rings is 1. The lowest BCUT2D eigenvalue weighted by Gasteiger charge is -2.07. The third kappa shape index (κ3) is 4.24. The van der Waals surface area contributed by atoms with Crippen LogP contribution in [-0.4, -0.2) is 24.2 Å². The van der Waals surface area contributed by atoms with Crippen molar-refractivity contribution in [2.75, 3.05) is 18.9 Å². The summed E-state index contributed by atoms with van der Waals surface area (Å²) in [4.78, 5) is 15.5. The van der Waals surface area contributed by atoms with Crippen LogP contribution in [0.25, 0.3) is 0 Å². The maximum absolute atomic E-state index is 11.6. The van der Waals surface area contributed by atoms with Crippen molar-refractivity contribution in [2.24, 2.45) is 0 Å². The fourth-order valence-corrected chi connectivity index (χ4v) is 1.69. The van der Waals surface area contributed by atoms with Gasteiger partial charge >= 0.3 is 5.97 Å². The van der Waals surface area contributed by atoms with Gasteiger partial charge in [0.15, 0.2) is 0 Å². The molecule has 104 valence electrons. The Morgan fingerprint density at radius 2 is 1.90 bits per heavy atom. The molecule has 0 spiro atoms. The zero-order chi connectivity index (χ0) is 14.4. The lowest BCUT2D eigenvalue weighted by molar-refractivity contribution is 0.0443. The van der Waals surface area contributed by atoms with Gasteiger partial charge in [0.05, 0.1) is 11.9 Å². The van der Waals surface area contributed by atoms with E-state index in [1.165, 1.54) is 12.3 Å². The van der Waals surface area contributed by atoms with E-state index in [0.717, 1.165) is 10.2 Å². The summed E-state index contributed by atoms with van der Waals surface area (Å²) >= 11 is 3.34. The number of rotatable bonds is 5. The highest BCUT2D eigenvalue weighted by Gasteiger charge is 2.08. The first kappa shape index (κ1) is 14.3. The van der Waals surface area contributed by atoms with Crippen LogP contribution in [0.4, 0.5) is 5.69 Å². The third-order valence-corrected chi connectivity index (χ3v) is 2.92. The highest BCUT2D eigenvalue weighted by atomic mass is 79.9. The molecule has 2 rings (SSSR count). The Balaban J connectivity index is 1.74. The second kappa shape index (κ2) is 6.91. The zero-order valence-corrected chi connectivity index (χ0v) is 12.2. The Morgan fingerprint density at radius 3 is 2.55 bits per heavy atom.